The number of hydrogen-bond acceptors (Lipinski definition) is 3. The molecular weight excluding hydrogens is 367 g/mol. The molecule has 2 aliphatic rings. The molecule has 2 saturated heterocycles. The molecule has 2 heterocycles. The molecule has 23 heavy (non-hydrogen) atoms. The highest BCUT2D eigenvalue weighted by Crippen LogP contribution is 2.24. The van der Waals surface area contributed by atoms with Crippen molar-refractivity contribution >= 4 is 27.7 Å². The average Bonchev–Trinajstić information content (AvgIpc) is 3.03. The minimum Gasteiger partial charge on any atom is -0.378 e. The SMILES string of the molecule is O=C(C1CCCN1C(=O)c1cc(F)cc(Br)c1)N1CCOCC1. The molecule has 2 fully saturated rings. The number of halogens is 2. The van der Waals surface area contributed by atoms with Gasteiger partial charge in [0.15, 0.2) is 0 Å². The lowest BCUT2D eigenvalue weighted by molar-refractivity contribution is -0.139. The number of amides is 2. The summed E-state index contributed by atoms with van der Waals surface area (Å²) in [6.45, 7) is 2.70. The van der Waals surface area contributed by atoms with Crippen LogP contribution in [-0.4, -0.2) is 60.5 Å². The van der Waals surface area contributed by atoms with Crippen LogP contribution in [0.2, 0.25) is 0 Å². The van der Waals surface area contributed by atoms with Gasteiger partial charge in [-0.3, -0.25) is 9.59 Å². The Morgan fingerprint density at radius 3 is 2.61 bits per heavy atom. The van der Waals surface area contributed by atoms with Gasteiger partial charge in [-0.2, -0.15) is 0 Å². The summed E-state index contributed by atoms with van der Waals surface area (Å²) in [6.07, 6.45) is 1.43. The van der Waals surface area contributed by atoms with Crippen molar-refractivity contribution in [1.82, 2.24) is 9.80 Å². The quantitative estimate of drug-likeness (QED) is 0.783. The fourth-order valence-corrected chi connectivity index (χ4v) is 3.57. The van der Waals surface area contributed by atoms with Crippen LogP contribution in [0.3, 0.4) is 0 Å². The number of hydrogen-bond donors (Lipinski definition) is 0. The van der Waals surface area contributed by atoms with Crippen LogP contribution in [0.25, 0.3) is 0 Å². The molecule has 1 aromatic rings. The number of ether oxygens (including phenoxy) is 1. The second kappa shape index (κ2) is 6.97. The lowest BCUT2D eigenvalue weighted by atomic mass is 10.1. The Hall–Kier alpha value is -1.47. The minimum absolute atomic E-state index is 0.0328. The Morgan fingerprint density at radius 2 is 1.91 bits per heavy atom. The largest absolute Gasteiger partial charge is 0.378 e. The molecule has 3 rings (SSSR count). The van der Waals surface area contributed by atoms with Crippen molar-refractivity contribution < 1.29 is 18.7 Å². The predicted molar refractivity (Wildman–Crippen MR) is 85.6 cm³/mol. The lowest BCUT2D eigenvalue weighted by Crippen LogP contribution is -2.51. The van der Waals surface area contributed by atoms with Gasteiger partial charge in [0.1, 0.15) is 11.9 Å². The molecule has 0 spiro atoms. The topological polar surface area (TPSA) is 49.9 Å². The standard InChI is InChI=1S/C16H18BrFN2O3/c17-12-8-11(9-13(18)10-12)15(21)20-3-1-2-14(20)16(22)19-4-6-23-7-5-19/h8-10,14H,1-7H2. The van der Waals surface area contributed by atoms with Crippen molar-refractivity contribution in [2.75, 3.05) is 32.8 Å². The van der Waals surface area contributed by atoms with Crippen molar-refractivity contribution in [3.63, 3.8) is 0 Å². The van der Waals surface area contributed by atoms with Crippen LogP contribution >= 0.6 is 15.9 Å². The average molecular weight is 385 g/mol. The monoisotopic (exact) mass is 384 g/mol. The number of carbonyl (C=O) groups is 2. The van der Waals surface area contributed by atoms with Crippen LogP contribution in [0.15, 0.2) is 22.7 Å². The third-order valence-corrected chi connectivity index (χ3v) is 4.69. The van der Waals surface area contributed by atoms with Gasteiger partial charge < -0.3 is 14.5 Å². The Morgan fingerprint density at radius 1 is 1.17 bits per heavy atom. The van der Waals surface area contributed by atoms with Crippen LogP contribution in [0.5, 0.6) is 0 Å². The molecule has 0 N–H and O–H groups in total. The molecule has 1 unspecified atom stereocenters. The van der Waals surface area contributed by atoms with Crippen molar-refractivity contribution in [2.45, 2.75) is 18.9 Å². The first-order chi connectivity index (χ1) is 11.1. The van der Waals surface area contributed by atoms with Crippen LogP contribution in [0, 0.1) is 5.82 Å². The maximum atomic E-state index is 13.5. The van der Waals surface area contributed by atoms with Gasteiger partial charge in [0.25, 0.3) is 5.91 Å². The van der Waals surface area contributed by atoms with Gasteiger partial charge in [-0.05, 0) is 31.0 Å². The van der Waals surface area contributed by atoms with E-state index in [1.807, 2.05) is 0 Å². The summed E-state index contributed by atoms with van der Waals surface area (Å²) in [6, 6.07) is 3.64. The van der Waals surface area contributed by atoms with E-state index >= 15 is 0 Å². The van der Waals surface area contributed by atoms with Gasteiger partial charge >= 0.3 is 0 Å². The van der Waals surface area contributed by atoms with E-state index in [4.69, 9.17) is 4.74 Å². The number of morpholine rings is 1. The molecule has 0 saturated carbocycles. The Kier molecular flexibility index (Phi) is 4.96. The molecule has 2 amide bonds. The summed E-state index contributed by atoms with van der Waals surface area (Å²) in [5, 5.41) is 0. The highest BCUT2D eigenvalue weighted by molar-refractivity contribution is 9.10. The zero-order valence-electron chi connectivity index (χ0n) is 12.6. The van der Waals surface area contributed by atoms with Gasteiger partial charge in [0.05, 0.1) is 13.2 Å². The summed E-state index contributed by atoms with van der Waals surface area (Å²) in [7, 11) is 0. The Bertz CT molecular complexity index is 599. The zero-order chi connectivity index (χ0) is 16.4. The molecule has 1 aromatic carbocycles. The van der Waals surface area contributed by atoms with Crippen LogP contribution in [0.1, 0.15) is 23.2 Å². The van der Waals surface area contributed by atoms with E-state index in [0.29, 0.717) is 43.7 Å². The molecule has 0 aromatic heterocycles. The highest BCUT2D eigenvalue weighted by Gasteiger charge is 2.37. The summed E-state index contributed by atoms with van der Waals surface area (Å²) in [4.78, 5) is 28.7. The van der Waals surface area contributed by atoms with E-state index in [0.717, 1.165) is 6.42 Å². The van der Waals surface area contributed by atoms with Crippen molar-refractivity contribution in [3.05, 3.63) is 34.1 Å². The van der Waals surface area contributed by atoms with Crippen molar-refractivity contribution in [1.29, 1.82) is 0 Å². The smallest absolute Gasteiger partial charge is 0.254 e. The van der Waals surface area contributed by atoms with Gasteiger partial charge in [-0.15, -0.1) is 0 Å². The second-order valence-corrected chi connectivity index (χ2v) is 6.67. The first-order valence-corrected chi connectivity index (χ1v) is 8.49. The Balaban J connectivity index is 1.77. The maximum absolute atomic E-state index is 13.5. The van der Waals surface area contributed by atoms with Crippen molar-refractivity contribution in [2.24, 2.45) is 0 Å². The molecule has 0 aliphatic carbocycles. The van der Waals surface area contributed by atoms with Crippen LogP contribution in [-0.2, 0) is 9.53 Å². The number of carbonyl (C=O) groups excluding carboxylic acids is 2. The predicted octanol–water partition coefficient (Wildman–Crippen LogP) is 2.05. The van der Waals surface area contributed by atoms with Gasteiger partial charge in [0.2, 0.25) is 5.91 Å². The van der Waals surface area contributed by atoms with E-state index in [1.165, 1.54) is 12.1 Å². The first-order valence-electron chi connectivity index (χ1n) is 7.70. The van der Waals surface area contributed by atoms with E-state index in [-0.39, 0.29) is 17.4 Å². The van der Waals surface area contributed by atoms with E-state index < -0.39 is 11.9 Å². The van der Waals surface area contributed by atoms with Crippen molar-refractivity contribution in [3.8, 4) is 0 Å². The zero-order valence-corrected chi connectivity index (χ0v) is 14.2. The minimum atomic E-state index is -0.474. The maximum Gasteiger partial charge on any atom is 0.254 e. The number of likely N-dealkylation sites (tertiary alicyclic amines) is 1. The molecule has 0 bridgehead atoms. The highest BCUT2D eigenvalue weighted by atomic mass is 79.9. The molecule has 5 nitrogen and oxygen atoms in total. The van der Waals surface area contributed by atoms with Gasteiger partial charge in [0, 0.05) is 29.7 Å². The molecular formula is C16H18BrFN2O3. The van der Waals surface area contributed by atoms with E-state index in [9.17, 15) is 14.0 Å². The summed E-state index contributed by atoms with van der Waals surface area (Å²) < 4.78 is 19.3. The fraction of sp³-hybridized carbons (Fsp3) is 0.500. The van der Waals surface area contributed by atoms with Crippen LogP contribution < -0.4 is 0 Å². The molecule has 2 aliphatic heterocycles. The number of nitrogens with zero attached hydrogens (tertiary/aromatic N) is 2. The molecule has 7 heteroatoms. The lowest BCUT2D eigenvalue weighted by Gasteiger charge is -2.32. The normalized spacial score (nSPS) is 21.6. The summed E-state index contributed by atoms with van der Waals surface area (Å²) in [5.41, 5.74) is 0.263. The van der Waals surface area contributed by atoms with Gasteiger partial charge in [-0.1, -0.05) is 15.9 Å². The fourth-order valence-electron chi connectivity index (χ4n) is 3.10. The third kappa shape index (κ3) is 3.55. The molecule has 124 valence electrons. The Labute approximate surface area is 142 Å². The van der Waals surface area contributed by atoms with E-state index in [2.05, 4.69) is 15.9 Å². The molecule has 0 radical (unpaired) electrons. The molecule has 1 atom stereocenters. The number of benzene rings is 1. The third-order valence-electron chi connectivity index (χ3n) is 4.23. The summed E-state index contributed by atoms with van der Waals surface area (Å²) in [5.74, 6) is -0.804. The van der Waals surface area contributed by atoms with Gasteiger partial charge in [-0.25, -0.2) is 4.39 Å². The summed E-state index contributed by atoms with van der Waals surface area (Å²) >= 11 is 3.20. The van der Waals surface area contributed by atoms with Crippen LogP contribution in [0.4, 0.5) is 4.39 Å². The number of rotatable bonds is 2. The van der Waals surface area contributed by atoms with E-state index in [1.54, 1.807) is 15.9 Å². The second-order valence-electron chi connectivity index (χ2n) is 5.75. The first kappa shape index (κ1) is 16.4.